The molecule has 3 aromatic rings. The van der Waals surface area contributed by atoms with E-state index in [-0.39, 0.29) is 17.4 Å². The van der Waals surface area contributed by atoms with Gasteiger partial charge in [-0.25, -0.2) is 4.98 Å². The van der Waals surface area contributed by atoms with Crippen molar-refractivity contribution in [2.75, 3.05) is 6.61 Å². The average Bonchev–Trinajstić information content (AvgIpc) is 2.70. The van der Waals surface area contributed by atoms with E-state index in [9.17, 15) is 14.9 Å². The number of non-ortho nitro benzene ring substituents is 1. The number of benzene rings is 2. The number of fused-ring (bicyclic) bond motifs is 1. The van der Waals surface area contributed by atoms with Crippen molar-refractivity contribution in [1.82, 2.24) is 9.55 Å². The number of nitrogens with zero attached hydrogens (tertiary/aromatic N) is 3. The Morgan fingerprint density at radius 1 is 1.27 bits per heavy atom. The van der Waals surface area contributed by atoms with Gasteiger partial charge in [-0.05, 0) is 44.0 Å². The maximum atomic E-state index is 13.1. The molecule has 2 aromatic carbocycles. The van der Waals surface area contributed by atoms with Gasteiger partial charge in [-0.2, -0.15) is 0 Å². The number of nitro benzene ring substituents is 1. The van der Waals surface area contributed by atoms with Crippen LogP contribution in [0.4, 0.5) is 5.69 Å². The van der Waals surface area contributed by atoms with Crippen LogP contribution in [0, 0.1) is 10.1 Å². The van der Waals surface area contributed by atoms with E-state index in [1.165, 1.54) is 23.9 Å². The molecule has 7 nitrogen and oxygen atoms in total. The predicted molar refractivity (Wildman–Crippen MR) is 119 cm³/mol. The zero-order chi connectivity index (χ0) is 21.7. The van der Waals surface area contributed by atoms with Gasteiger partial charge in [0.25, 0.3) is 11.2 Å². The van der Waals surface area contributed by atoms with Crippen molar-refractivity contribution in [1.29, 1.82) is 0 Å². The van der Waals surface area contributed by atoms with Gasteiger partial charge in [0.05, 0.1) is 21.9 Å². The molecule has 0 atom stereocenters. The number of halogens is 1. The molecular formula is C21H22ClN3O4S. The van der Waals surface area contributed by atoms with E-state index < -0.39 is 4.92 Å². The number of nitro groups is 1. The van der Waals surface area contributed by atoms with E-state index in [2.05, 4.69) is 4.98 Å². The lowest BCUT2D eigenvalue weighted by atomic mass is 10.2. The Morgan fingerprint density at radius 3 is 2.80 bits per heavy atom. The summed E-state index contributed by atoms with van der Waals surface area (Å²) >= 11 is 7.44. The van der Waals surface area contributed by atoms with Crippen molar-refractivity contribution in [2.45, 2.75) is 43.8 Å². The van der Waals surface area contributed by atoms with Gasteiger partial charge in [0, 0.05) is 36.1 Å². The minimum atomic E-state index is -0.422. The average molecular weight is 448 g/mol. The van der Waals surface area contributed by atoms with E-state index in [4.69, 9.17) is 16.3 Å². The van der Waals surface area contributed by atoms with Crippen molar-refractivity contribution >= 4 is 40.0 Å². The second-order valence-electron chi connectivity index (χ2n) is 7.00. The largest absolute Gasteiger partial charge is 0.379 e. The lowest BCUT2D eigenvalue weighted by Crippen LogP contribution is -2.24. The summed E-state index contributed by atoms with van der Waals surface area (Å²) in [5.74, 6) is 0.447. The Bertz CT molecular complexity index is 1120. The van der Waals surface area contributed by atoms with Gasteiger partial charge in [-0.15, -0.1) is 0 Å². The van der Waals surface area contributed by atoms with Crippen molar-refractivity contribution in [2.24, 2.45) is 0 Å². The van der Waals surface area contributed by atoms with Crippen LogP contribution in [0.2, 0.25) is 5.02 Å². The van der Waals surface area contributed by atoms with Gasteiger partial charge in [0.1, 0.15) is 0 Å². The van der Waals surface area contributed by atoms with Crippen LogP contribution < -0.4 is 5.56 Å². The van der Waals surface area contributed by atoms with Crippen LogP contribution in [-0.2, 0) is 17.0 Å². The molecule has 9 heteroatoms. The molecule has 30 heavy (non-hydrogen) atoms. The normalized spacial score (nSPS) is 11.3. The fraction of sp³-hybridized carbons (Fsp3) is 0.333. The Hall–Kier alpha value is -2.42. The quantitative estimate of drug-likeness (QED) is 0.150. The first kappa shape index (κ1) is 22.3. The molecule has 1 aromatic heterocycles. The Balaban J connectivity index is 1.90. The molecule has 3 rings (SSSR count). The van der Waals surface area contributed by atoms with Gasteiger partial charge in [0.15, 0.2) is 5.16 Å². The standard InChI is InChI=1S/C21H22ClN3O4S/c1-14(2)29-10-4-9-24-20(26)18-8-7-16(22)12-19(18)23-21(24)30-13-15-5-3-6-17(11-15)25(27)28/h3,5-8,11-12,14H,4,9-10,13H2,1-2H3. The van der Waals surface area contributed by atoms with Crippen molar-refractivity contribution in [3.63, 3.8) is 0 Å². The van der Waals surface area contributed by atoms with Crippen LogP contribution in [0.1, 0.15) is 25.8 Å². The summed E-state index contributed by atoms with van der Waals surface area (Å²) in [6, 6.07) is 11.5. The van der Waals surface area contributed by atoms with E-state index in [0.717, 1.165) is 5.56 Å². The number of aromatic nitrogens is 2. The Labute approximate surface area is 183 Å². The van der Waals surface area contributed by atoms with Crippen LogP contribution in [0.15, 0.2) is 52.4 Å². The summed E-state index contributed by atoms with van der Waals surface area (Å²) in [5.41, 5.74) is 1.21. The molecule has 0 amide bonds. The first-order valence-electron chi connectivity index (χ1n) is 9.53. The number of ether oxygens (including phenoxy) is 1. The molecule has 0 spiro atoms. The minimum absolute atomic E-state index is 0.0366. The minimum Gasteiger partial charge on any atom is -0.379 e. The zero-order valence-electron chi connectivity index (χ0n) is 16.7. The summed E-state index contributed by atoms with van der Waals surface area (Å²) in [6.45, 7) is 4.94. The number of thioether (sulfide) groups is 1. The van der Waals surface area contributed by atoms with E-state index in [1.54, 1.807) is 28.8 Å². The van der Waals surface area contributed by atoms with Crippen molar-refractivity contribution in [3.05, 3.63) is 73.5 Å². The summed E-state index contributed by atoms with van der Waals surface area (Å²) < 4.78 is 7.23. The van der Waals surface area contributed by atoms with Crippen molar-refractivity contribution in [3.8, 4) is 0 Å². The topological polar surface area (TPSA) is 87.3 Å². The first-order valence-corrected chi connectivity index (χ1v) is 10.9. The Morgan fingerprint density at radius 2 is 2.07 bits per heavy atom. The lowest BCUT2D eigenvalue weighted by Gasteiger charge is -2.14. The van der Waals surface area contributed by atoms with Crippen LogP contribution in [0.3, 0.4) is 0 Å². The zero-order valence-corrected chi connectivity index (χ0v) is 18.3. The van der Waals surface area contributed by atoms with Crippen LogP contribution in [-0.4, -0.2) is 27.2 Å². The highest BCUT2D eigenvalue weighted by Gasteiger charge is 2.13. The number of rotatable bonds is 9. The fourth-order valence-corrected chi connectivity index (χ4v) is 4.07. The van der Waals surface area contributed by atoms with Gasteiger partial charge < -0.3 is 4.74 Å². The van der Waals surface area contributed by atoms with Gasteiger partial charge in [-0.1, -0.05) is 35.5 Å². The molecule has 0 saturated carbocycles. The number of hydrogen-bond acceptors (Lipinski definition) is 6. The molecule has 0 radical (unpaired) electrons. The van der Waals surface area contributed by atoms with Crippen LogP contribution >= 0.6 is 23.4 Å². The molecular weight excluding hydrogens is 426 g/mol. The van der Waals surface area contributed by atoms with Gasteiger partial charge >= 0.3 is 0 Å². The molecule has 0 fully saturated rings. The maximum Gasteiger partial charge on any atom is 0.269 e. The second kappa shape index (κ2) is 10.1. The highest BCUT2D eigenvalue weighted by atomic mass is 35.5. The highest BCUT2D eigenvalue weighted by Crippen LogP contribution is 2.25. The molecule has 0 aliphatic carbocycles. The summed E-state index contributed by atoms with van der Waals surface area (Å²) in [4.78, 5) is 28.3. The van der Waals surface area contributed by atoms with Gasteiger partial charge in [0.2, 0.25) is 0 Å². The second-order valence-corrected chi connectivity index (χ2v) is 8.38. The SMILES string of the molecule is CC(C)OCCCn1c(SCc2cccc([N+](=O)[O-])c2)nc2cc(Cl)ccc2c1=O. The molecule has 0 N–H and O–H groups in total. The van der Waals surface area contributed by atoms with Crippen molar-refractivity contribution < 1.29 is 9.66 Å². The van der Waals surface area contributed by atoms with Crippen LogP contribution in [0.5, 0.6) is 0 Å². The molecule has 0 aliphatic rings. The molecule has 0 bridgehead atoms. The lowest BCUT2D eigenvalue weighted by molar-refractivity contribution is -0.384. The third-order valence-electron chi connectivity index (χ3n) is 4.35. The van der Waals surface area contributed by atoms with Crippen LogP contribution in [0.25, 0.3) is 10.9 Å². The summed E-state index contributed by atoms with van der Waals surface area (Å²) in [5, 5.41) is 12.6. The third kappa shape index (κ3) is 5.59. The molecule has 158 valence electrons. The molecule has 0 saturated heterocycles. The van der Waals surface area contributed by atoms with E-state index >= 15 is 0 Å². The maximum absolute atomic E-state index is 13.1. The smallest absolute Gasteiger partial charge is 0.269 e. The third-order valence-corrected chi connectivity index (χ3v) is 5.63. The monoisotopic (exact) mass is 447 g/mol. The predicted octanol–water partition coefficient (Wildman–Crippen LogP) is 5.07. The van der Waals surface area contributed by atoms with Gasteiger partial charge in [-0.3, -0.25) is 19.5 Å². The number of hydrogen-bond donors (Lipinski definition) is 0. The Kier molecular flexibility index (Phi) is 7.47. The molecule has 1 heterocycles. The van der Waals surface area contributed by atoms with E-state index in [0.29, 0.717) is 46.4 Å². The molecule has 0 unspecified atom stereocenters. The van der Waals surface area contributed by atoms with E-state index in [1.807, 2.05) is 19.9 Å². The summed E-state index contributed by atoms with van der Waals surface area (Å²) in [7, 11) is 0. The molecule has 0 aliphatic heterocycles. The first-order chi connectivity index (χ1) is 14.3. The highest BCUT2D eigenvalue weighted by molar-refractivity contribution is 7.98. The fourth-order valence-electron chi connectivity index (χ4n) is 2.93. The summed E-state index contributed by atoms with van der Waals surface area (Å²) in [6.07, 6.45) is 0.796.